The van der Waals surface area contributed by atoms with Crippen molar-refractivity contribution in [3.05, 3.63) is 71.8 Å². The number of amides is 2. The van der Waals surface area contributed by atoms with E-state index < -0.39 is 11.9 Å². The van der Waals surface area contributed by atoms with Crippen molar-refractivity contribution in [1.29, 1.82) is 0 Å². The number of carbonyl (C=O) groups excluding carboxylic acids is 2. The minimum absolute atomic E-state index is 0.0192. The second-order valence-corrected chi connectivity index (χ2v) is 7.04. The molecule has 3 rings (SSSR count). The average Bonchev–Trinajstić information content (AvgIpc) is 2.71. The lowest BCUT2D eigenvalue weighted by Crippen LogP contribution is -2.34. The average molecular weight is 406 g/mol. The molecule has 0 spiro atoms. The maximum absolute atomic E-state index is 12.9. The van der Waals surface area contributed by atoms with Crippen LogP contribution in [0.5, 0.6) is 5.75 Å². The monoisotopic (exact) mass is 406 g/mol. The molecular formula is C23H22N2O5. The number of hydrogen-bond acceptors (Lipinski definition) is 4. The van der Waals surface area contributed by atoms with Crippen molar-refractivity contribution < 1.29 is 24.2 Å². The van der Waals surface area contributed by atoms with Crippen LogP contribution in [-0.2, 0) is 4.79 Å². The molecule has 0 radical (unpaired) electrons. The number of benzene rings is 3. The van der Waals surface area contributed by atoms with Crippen LogP contribution in [-0.4, -0.2) is 35.5 Å². The molecular weight excluding hydrogens is 384 g/mol. The van der Waals surface area contributed by atoms with E-state index >= 15 is 0 Å². The van der Waals surface area contributed by atoms with Crippen LogP contribution in [0.3, 0.4) is 0 Å². The van der Waals surface area contributed by atoms with E-state index in [0.717, 1.165) is 10.8 Å². The number of aromatic carboxylic acids is 1. The van der Waals surface area contributed by atoms with Gasteiger partial charge in [0.2, 0.25) is 0 Å². The van der Waals surface area contributed by atoms with Crippen LogP contribution in [0.2, 0.25) is 0 Å². The Morgan fingerprint density at radius 3 is 2.20 bits per heavy atom. The van der Waals surface area contributed by atoms with E-state index in [2.05, 4.69) is 10.6 Å². The standard InChI is InChI=1S/C23H22N2O5/c1-14(2)24-21(26)13-30-20-12-17-6-4-3-5-16(17)11-19(20)22(27)25-18-9-7-15(8-10-18)23(28)29/h3-12,14H,13H2,1-2H3,(H,24,26)(H,25,27)(H,28,29). The van der Waals surface area contributed by atoms with Gasteiger partial charge < -0.3 is 20.5 Å². The lowest BCUT2D eigenvalue weighted by Gasteiger charge is -2.14. The van der Waals surface area contributed by atoms with Crippen molar-refractivity contribution in [2.45, 2.75) is 19.9 Å². The molecule has 7 nitrogen and oxygen atoms in total. The van der Waals surface area contributed by atoms with Crippen LogP contribution >= 0.6 is 0 Å². The second-order valence-electron chi connectivity index (χ2n) is 7.04. The first-order chi connectivity index (χ1) is 14.3. The predicted octanol–water partition coefficient (Wildman–Crippen LogP) is 3.69. The zero-order chi connectivity index (χ0) is 21.7. The highest BCUT2D eigenvalue weighted by Crippen LogP contribution is 2.27. The third kappa shape index (κ3) is 5.14. The Bertz CT molecular complexity index is 1090. The smallest absolute Gasteiger partial charge is 0.335 e. The summed E-state index contributed by atoms with van der Waals surface area (Å²) in [6.45, 7) is 3.48. The molecule has 3 aromatic carbocycles. The molecule has 0 aliphatic rings. The van der Waals surface area contributed by atoms with Crippen molar-refractivity contribution in [2.24, 2.45) is 0 Å². The molecule has 3 aromatic rings. The zero-order valence-corrected chi connectivity index (χ0v) is 16.6. The lowest BCUT2D eigenvalue weighted by atomic mass is 10.0. The molecule has 0 saturated carbocycles. The van der Waals surface area contributed by atoms with Gasteiger partial charge >= 0.3 is 5.97 Å². The minimum Gasteiger partial charge on any atom is -0.483 e. The van der Waals surface area contributed by atoms with Gasteiger partial charge in [0.25, 0.3) is 11.8 Å². The van der Waals surface area contributed by atoms with E-state index in [0.29, 0.717) is 5.69 Å². The molecule has 0 heterocycles. The summed E-state index contributed by atoms with van der Waals surface area (Å²) in [5.41, 5.74) is 0.842. The van der Waals surface area contributed by atoms with Crippen LogP contribution in [0.25, 0.3) is 10.8 Å². The largest absolute Gasteiger partial charge is 0.483 e. The number of carbonyl (C=O) groups is 3. The quantitative estimate of drug-likeness (QED) is 0.555. The van der Waals surface area contributed by atoms with Crippen molar-refractivity contribution in [2.75, 3.05) is 11.9 Å². The molecule has 0 fully saturated rings. The molecule has 0 atom stereocenters. The van der Waals surface area contributed by atoms with Crippen LogP contribution in [0.1, 0.15) is 34.6 Å². The number of rotatable bonds is 7. The molecule has 0 aliphatic heterocycles. The molecule has 2 amide bonds. The second kappa shape index (κ2) is 9.09. The summed E-state index contributed by atoms with van der Waals surface area (Å²) in [5, 5.41) is 16.2. The number of carboxylic acid groups (broad SMARTS) is 1. The fourth-order valence-electron chi connectivity index (χ4n) is 2.92. The summed E-state index contributed by atoms with van der Waals surface area (Å²) in [7, 11) is 0. The van der Waals surface area contributed by atoms with Crippen LogP contribution in [0.15, 0.2) is 60.7 Å². The summed E-state index contributed by atoms with van der Waals surface area (Å²) in [6.07, 6.45) is 0. The molecule has 154 valence electrons. The van der Waals surface area contributed by atoms with E-state index in [9.17, 15) is 14.4 Å². The maximum atomic E-state index is 12.9. The highest BCUT2D eigenvalue weighted by atomic mass is 16.5. The molecule has 3 N–H and O–H groups in total. The fraction of sp³-hybridized carbons (Fsp3) is 0.174. The Labute approximate surface area is 173 Å². The normalized spacial score (nSPS) is 10.6. The van der Waals surface area contributed by atoms with Crippen LogP contribution in [0, 0.1) is 0 Å². The molecule has 0 aliphatic carbocycles. The lowest BCUT2D eigenvalue weighted by molar-refractivity contribution is -0.123. The van der Waals surface area contributed by atoms with Crippen molar-refractivity contribution in [1.82, 2.24) is 5.32 Å². The van der Waals surface area contributed by atoms with Crippen molar-refractivity contribution >= 4 is 34.2 Å². The zero-order valence-electron chi connectivity index (χ0n) is 16.6. The maximum Gasteiger partial charge on any atom is 0.335 e. The van der Waals surface area contributed by atoms with Gasteiger partial charge in [-0.1, -0.05) is 24.3 Å². The third-order valence-electron chi connectivity index (χ3n) is 4.29. The number of fused-ring (bicyclic) bond motifs is 1. The molecule has 0 aromatic heterocycles. The topological polar surface area (TPSA) is 105 Å². The van der Waals surface area contributed by atoms with Gasteiger partial charge in [-0.15, -0.1) is 0 Å². The number of nitrogens with one attached hydrogen (secondary N) is 2. The SMILES string of the molecule is CC(C)NC(=O)COc1cc2ccccc2cc1C(=O)Nc1ccc(C(=O)O)cc1. The van der Waals surface area contributed by atoms with E-state index in [1.54, 1.807) is 12.1 Å². The summed E-state index contributed by atoms with van der Waals surface area (Å²) in [4.78, 5) is 35.9. The van der Waals surface area contributed by atoms with Gasteiger partial charge in [-0.2, -0.15) is 0 Å². The molecule has 0 saturated heterocycles. The van der Waals surface area contributed by atoms with Gasteiger partial charge in [0.15, 0.2) is 6.61 Å². The van der Waals surface area contributed by atoms with Gasteiger partial charge in [-0.3, -0.25) is 9.59 Å². The van der Waals surface area contributed by atoms with E-state index in [-0.39, 0.29) is 35.4 Å². The molecule has 30 heavy (non-hydrogen) atoms. The van der Waals surface area contributed by atoms with E-state index in [1.165, 1.54) is 24.3 Å². The molecule has 0 unspecified atom stereocenters. The Morgan fingerprint density at radius 2 is 1.60 bits per heavy atom. The van der Waals surface area contributed by atoms with Gasteiger partial charge in [0.1, 0.15) is 5.75 Å². The summed E-state index contributed by atoms with van der Waals surface area (Å²) >= 11 is 0. The van der Waals surface area contributed by atoms with Gasteiger partial charge in [0, 0.05) is 11.7 Å². The van der Waals surface area contributed by atoms with Crippen LogP contribution in [0.4, 0.5) is 5.69 Å². The Kier molecular flexibility index (Phi) is 6.32. The highest BCUT2D eigenvalue weighted by Gasteiger charge is 2.16. The summed E-state index contributed by atoms with van der Waals surface area (Å²) in [5.74, 6) is -1.47. The minimum atomic E-state index is -1.04. The first-order valence-corrected chi connectivity index (χ1v) is 9.43. The Hall–Kier alpha value is -3.87. The van der Waals surface area contributed by atoms with Gasteiger partial charge in [0.05, 0.1) is 11.1 Å². The van der Waals surface area contributed by atoms with Crippen molar-refractivity contribution in [3.8, 4) is 5.75 Å². The van der Waals surface area contributed by atoms with Gasteiger partial charge in [-0.05, 0) is 61.0 Å². The number of ether oxygens (including phenoxy) is 1. The summed E-state index contributed by atoms with van der Waals surface area (Å²) in [6, 6.07) is 16.8. The highest BCUT2D eigenvalue weighted by molar-refractivity contribution is 6.09. The van der Waals surface area contributed by atoms with Crippen LogP contribution < -0.4 is 15.4 Å². The first-order valence-electron chi connectivity index (χ1n) is 9.43. The third-order valence-corrected chi connectivity index (χ3v) is 4.29. The Morgan fingerprint density at radius 1 is 0.967 bits per heavy atom. The molecule has 0 bridgehead atoms. The van der Waals surface area contributed by atoms with E-state index in [1.807, 2.05) is 38.1 Å². The Balaban J connectivity index is 1.86. The first kappa shape index (κ1) is 20.9. The predicted molar refractivity (Wildman–Crippen MR) is 114 cm³/mol. The number of anilines is 1. The fourth-order valence-corrected chi connectivity index (χ4v) is 2.92. The van der Waals surface area contributed by atoms with Gasteiger partial charge in [-0.25, -0.2) is 4.79 Å². The van der Waals surface area contributed by atoms with Crippen molar-refractivity contribution in [3.63, 3.8) is 0 Å². The number of carboxylic acids is 1. The van der Waals surface area contributed by atoms with E-state index in [4.69, 9.17) is 9.84 Å². The summed E-state index contributed by atoms with van der Waals surface area (Å²) < 4.78 is 5.67. The molecule has 7 heteroatoms. The number of hydrogen-bond donors (Lipinski definition) is 3.